The Morgan fingerprint density at radius 1 is 1.15 bits per heavy atom. The van der Waals surface area contributed by atoms with Gasteiger partial charge in [-0.15, -0.1) is 0 Å². The fraction of sp³-hybridized carbons (Fsp3) is 0.167. The smallest absolute Gasteiger partial charge is 0.410 e. The van der Waals surface area contributed by atoms with Crippen LogP contribution >= 0.6 is 11.6 Å². The minimum atomic E-state index is -1.19. The van der Waals surface area contributed by atoms with Crippen molar-refractivity contribution >= 4 is 35.2 Å². The Morgan fingerprint density at radius 3 is 2.50 bits per heavy atom. The molecule has 0 aliphatic carbocycles. The number of ether oxygens (including phenoxy) is 1. The first kappa shape index (κ1) is 19.3. The Labute approximate surface area is 155 Å². The van der Waals surface area contributed by atoms with E-state index < -0.39 is 23.9 Å². The zero-order valence-electron chi connectivity index (χ0n) is 14.0. The Morgan fingerprint density at radius 2 is 1.85 bits per heavy atom. The van der Waals surface area contributed by atoms with Crippen LogP contribution in [0.5, 0.6) is 5.75 Å². The molecule has 0 radical (unpaired) electrons. The van der Waals surface area contributed by atoms with Gasteiger partial charge in [0.25, 0.3) is 0 Å². The van der Waals surface area contributed by atoms with Crippen molar-refractivity contribution in [3.63, 3.8) is 0 Å². The summed E-state index contributed by atoms with van der Waals surface area (Å²) in [5.41, 5.74) is 6.41. The van der Waals surface area contributed by atoms with Gasteiger partial charge in [-0.3, -0.25) is 9.59 Å². The second-order valence-corrected chi connectivity index (χ2v) is 5.95. The standard InChI is InChI=1S/C18H18ClN3O4/c1-11-7-8-12(19)9-14(11)21-17(24)15(10-16(20)23)22-18(25)26-13-5-3-2-4-6-13/h2-9,15H,10H2,1H3,(H2,20,23)(H,21,24)(H,22,25)/t15-/m0/s1. The Bertz CT molecular complexity index is 811. The number of halogens is 1. The van der Waals surface area contributed by atoms with Crippen LogP contribution in [-0.2, 0) is 9.59 Å². The van der Waals surface area contributed by atoms with Crippen LogP contribution in [0.4, 0.5) is 10.5 Å². The molecule has 0 bridgehead atoms. The molecule has 2 aromatic rings. The molecule has 8 heteroatoms. The van der Waals surface area contributed by atoms with Crippen molar-refractivity contribution in [2.45, 2.75) is 19.4 Å². The van der Waals surface area contributed by atoms with Crippen LogP contribution in [0.25, 0.3) is 0 Å². The number of hydrogen-bond donors (Lipinski definition) is 3. The lowest BCUT2D eigenvalue weighted by molar-refractivity contribution is -0.123. The van der Waals surface area contributed by atoms with Crippen LogP contribution in [-0.4, -0.2) is 23.9 Å². The first-order valence-electron chi connectivity index (χ1n) is 7.74. The van der Waals surface area contributed by atoms with Crippen LogP contribution in [0, 0.1) is 6.92 Å². The second kappa shape index (κ2) is 8.87. The van der Waals surface area contributed by atoms with E-state index in [0.717, 1.165) is 5.56 Å². The van der Waals surface area contributed by atoms with Crippen LogP contribution < -0.4 is 21.1 Å². The van der Waals surface area contributed by atoms with Gasteiger partial charge in [0.15, 0.2) is 0 Å². The summed E-state index contributed by atoms with van der Waals surface area (Å²) >= 11 is 5.92. The highest BCUT2D eigenvalue weighted by Gasteiger charge is 2.24. The fourth-order valence-corrected chi connectivity index (χ4v) is 2.30. The molecular formula is C18H18ClN3O4. The molecule has 0 saturated heterocycles. The van der Waals surface area contributed by atoms with Gasteiger partial charge in [-0.1, -0.05) is 35.9 Å². The van der Waals surface area contributed by atoms with E-state index >= 15 is 0 Å². The molecule has 26 heavy (non-hydrogen) atoms. The quantitative estimate of drug-likeness (QED) is 0.720. The SMILES string of the molecule is Cc1ccc(Cl)cc1NC(=O)[C@H](CC(N)=O)NC(=O)Oc1ccccc1. The maximum absolute atomic E-state index is 12.5. The van der Waals surface area contributed by atoms with E-state index in [1.807, 2.05) is 0 Å². The number of para-hydroxylation sites is 1. The summed E-state index contributed by atoms with van der Waals surface area (Å²) in [6.07, 6.45) is -1.25. The molecule has 3 amide bonds. The topological polar surface area (TPSA) is 111 Å². The minimum absolute atomic E-state index is 0.300. The van der Waals surface area contributed by atoms with Crippen molar-refractivity contribution in [1.82, 2.24) is 5.32 Å². The van der Waals surface area contributed by atoms with E-state index in [0.29, 0.717) is 16.5 Å². The van der Waals surface area contributed by atoms with Crippen LogP contribution in [0.1, 0.15) is 12.0 Å². The van der Waals surface area contributed by atoms with Gasteiger partial charge in [0.2, 0.25) is 11.8 Å². The van der Waals surface area contributed by atoms with Crippen molar-refractivity contribution in [1.29, 1.82) is 0 Å². The molecular weight excluding hydrogens is 358 g/mol. The minimum Gasteiger partial charge on any atom is -0.410 e. The number of hydrogen-bond acceptors (Lipinski definition) is 4. The van der Waals surface area contributed by atoms with Gasteiger partial charge in [-0.2, -0.15) is 0 Å². The number of carbonyl (C=O) groups is 3. The Hall–Kier alpha value is -3.06. The highest BCUT2D eigenvalue weighted by molar-refractivity contribution is 6.31. The third kappa shape index (κ3) is 5.78. The molecule has 0 aromatic heterocycles. The summed E-state index contributed by atoms with van der Waals surface area (Å²) in [5.74, 6) is -1.05. The van der Waals surface area contributed by atoms with Crippen LogP contribution in [0.3, 0.4) is 0 Å². The molecule has 2 rings (SSSR count). The molecule has 1 atom stereocenters. The van der Waals surface area contributed by atoms with E-state index in [9.17, 15) is 14.4 Å². The molecule has 0 aliphatic heterocycles. The summed E-state index contributed by atoms with van der Waals surface area (Å²) in [6, 6.07) is 12.1. The summed E-state index contributed by atoms with van der Waals surface area (Å²) < 4.78 is 5.07. The van der Waals surface area contributed by atoms with Gasteiger partial charge in [0.05, 0.1) is 6.42 Å². The summed E-state index contributed by atoms with van der Waals surface area (Å²) in [4.78, 5) is 35.7. The maximum Gasteiger partial charge on any atom is 0.413 e. The lowest BCUT2D eigenvalue weighted by atomic mass is 10.1. The van der Waals surface area contributed by atoms with E-state index in [-0.39, 0.29) is 6.42 Å². The zero-order chi connectivity index (χ0) is 19.1. The lowest BCUT2D eigenvalue weighted by Crippen LogP contribution is -2.47. The number of amides is 3. The van der Waals surface area contributed by atoms with Crippen LogP contribution in [0.2, 0.25) is 5.02 Å². The highest BCUT2D eigenvalue weighted by atomic mass is 35.5. The summed E-state index contributed by atoms with van der Waals surface area (Å²) in [5, 5.41) is 5.41. The van der Waals surface area contributed by atoms with E-state index in [2.05, 4.69) is 10.6 Å². The molecule has 136 valence electrons. The van der Waals surface area contributed by atoms with Gasteiger partial charge >= 0.3 is 6.09 Å². The molecule has 0 unspecified atom stereocenters. The molecule has 0 saturated carbocycles. The number of aryl methyl sites for hydroxylation is 1. The molecule has 4 N–H and O–H groups in total. The third-order valence-electron chi connectivity index (χ3n) is 3.43. The monoisotopic (exact) mass is 375 g/mol. The predicted octanol–water partition coefficient (Wildman–Crippen LogP) is 2.62. The average molecular weight is 376 g/mol. The van der Waals surface area contributed by atoms with Gasteiger partial charge in [-0.25, -0.2) is 4.79 Å². The van der Waals surface area contributed by atoms with Crippen molar-refractivity contribution in [2.24, 2.45) is 5.73 Å². The maximum atomic E-state index is 12.5. The average Bonchev–Trinajstić information content (AvgIpc) is 2.58. The van der Waals surface area contributed by atoms with Gasteiger partial charge in [-0.05, 0) is 36.8 Å². The Balaban J connectivity index is 2.07. The van der Waals surface area contributed by atoms with Crippen LogP contribution in [0.15, 0.2) is 48.5 Å². The number of rotatable bonds is 6. The summed E-state index contributed by atoms with van der Waals surface area (Å²) in [7, 11) is 0. The molecule has 2 aromatic carbocycles. The molecule has 0 fully saturated rings. The van der Waals surface area contributed by atoms with E-state index in [4.69, 9.17) is 22.1 Å². The second-order valence-electron chi connectivity index (χ2n) is 5.52. The fourth-order valence-electron chi connectivity index (χ4n) is 2.13. The van der Waals surface area contributed by atoms with Gasteiger partial charge in [0, 0.05) is 10.7 Å². The van der Waals surface area contributed by atoms with Crippen molar-refractivity contribution in [3.05, 3.63) is 59.1 Å². The molecule has 0 aliphatic rings. The number of nitrogens with two attached hydrogens (primary N) is 1. The normalized spacial score (nSPS) is 11.3. The molecule has 0 heterocycles. The zero-order valence-corrected chi connectivity index (χ0v) is 14.7. The number of benzene rings is 2. The first-order valence-corrected chi connectivity index (χ1v) is 8.11. The molecule has 0 spiro atoms. The van der Waals surface area contributed by atoms with E-state index in [1.54, 1.807) is 55.5 Å². The molecule has 7 nitrogen and oxygen atoms in total. The predicted molar refractivity (Wildman–Crippen MR) is 98.0 cm³/mol. The number of carbonyl (C=O) groups excluding carboxylic acids is 3. The third-order valence-corrected chi connectivity index (χ3v) is 3.66. The summed E-state index contributed by atoms with van der Waals surface area (Å²) in [6.45, 7) is 1.78. The Kier molecular flexibility index (Phi) is 6.57. The van der Waals surface area contributed by atoms with Gasteiger partial charge < -0.3 is 21.1 Å². The number of nitrogens with one attached hydrogen (secondary N) is 2. The highest BCUT2D eigenvalue weighted by Crippen LogP contribution is 2.20. The van der Waals surface area contributed by atoms with E-state index in [1.165, 1.54) is 0 Å². The number of primary amides is 1. The van der Waals surface area contributed by atoms with Crippen molar-refractivity contribution in [2.75, 3.05) is 5.32 Å². The van der Waals surface area contributed by atoms with Crippen molar-refractivity contribution < 1.29 is 19.1 Å². The van der Waals surface area contributed by atoms with Crippen molar-refractivity contribution in [3.8, 4) is 5.75 Å². The van der Waals surface area contributed by atoms with Gasteiger partial charge in [0.1, 0.15) is 11.8 Å². The first-order chi connectivity index (χ1) is 12.3. The lowest BCUT2D eigenvalue weighted by Gasteiger charge is -2.18. The largest absolute Gasteiger partial charge is 0.413 e. The number of anilines is 1.